The van der Waals surface area contributed by atoms with Crippen LogP contribution in [0.1, 0.15) is 41.0 Å². The number of halogens is 3. The van der Waals surface area contributed by atoms with Gasteiger partial charge in [-0.05, 0) is 20.3 Å². The van der Waals surface area contributed by atoms with Crippen molar-refractivity contribution < 1.29 is 17.9 Å². The average Bonchev–Trinajstić information content (AvgIpc) is 2.01. The van der Waals surface area contributed by atoms with E-state index in [-0.39, 0.29) is 12.5 Å². The van der Waals surface area contributed by atoms with Gasteiger partial charge in [0.15, 0.2) is 6.10 Å². The molecule has 1 atom stereocenters. The fourth-order valence-corrected chi connectivity index (χ4v) is 0.733. The maximum absolute atomic E-state index is 12.0. The van der Waals surface area contributed by atoms with Crippen LogP contribution in [0.2, 0.25) is 0 Å². The van der Waals surface area contributed by atoms with Gasteiger partial charge in [-0.3, -0.25) is 0 Å². The van der Waals surface area contributed by atoms with Crippen LogP contribution in [0.3, 0.4) is 0 Å². The molecular weight excluding hydrogens is 181 g/mol. The average molecular weight is 200 g/mol. The molecule has 0 N–H and O–H groups in total. The van der Waals surface area contributed by atoms with Gasteiger partial charge in [0.1, 0.15) is 0 Å². The molecule has 0 amide bonds. The zero-order valence-electron chi connectivity index (χ0n) is 8.90. The van der Waals surface area contributed by atoms with Gasteiger partial charge in [0.05, 0.1) is 6.10 Å². The molecule has 0 bridgehead atoms. The lowest BCUT2D eigenvalue weighted by atomic mass is 10.2. The molecule has 4 heteroatoms. The first-order valence-electron chi connectivity index (χ1n) is 4.60. The Labute approximate surface area is 78.3 Å². The lowest BCUT2D eigenvalue weighted by Gasteiger charge is -2.21. The van der Waals surface area contributed by atoms with E-state index in [0.29, 0.717) is 0 Å². The van der Waals surface area contributed by atoms with E-state index in [1.54, 1.807) is 13.8 Å². The van der Waals surface area contributed by atoms with Gasteiger partial charge >= 0.3 is 6.18 Å². The second-order valence-corrected chi connectivity index (χ2v) is 2.62. The fourth-order valence-electron chi connectivity index (χ4n) is 0.733. The van der Waals surface area contributed by atoms with Crippen LogP contribution in [-0.4, -0.2) is 18.4 Å². The molecule has 0 saturated carbocycles. The van der Waals surface area contributed by atoms with E-state index in [1.807, 2.05) is 13.8 Å². The predicted molar refractivity (Wildman–Crippen MR) is 47.7 cm³/mol. The van der Waals surface area contributed by atoms with E-state index >= 15 is 0 Å². The molecule has 1 unspecified atom stereocenters. The van der Waals surface area contributed by atoms with Crippen molar-refractivity contribution in [3.63, 3.8) is 0 Å². The minimum absolute atomic E-state index is 0.0261. The van der Waals surface area contributed by atoms with Crippen molar-refractivity contribution >= 4 is 0 Å². The normalized spacial score (nSPS) is 13.6. The second-order valence-electron chi connectivity index (χ2n) is 2.62. The Morgan fingerprint density at radius 2 is 1.54 bits per heavy atom. The summed E-state index contributed by atoms with van der Waals surface area (Å²) in [7, 11) is 0. The van der Waals surface area contributed by atoms with Crippen LogP contribution in [0.25, 0.3) is 0 Å². The maximum Gasteiger partial charge on any atom is 0.414 e. The summed E-state index contributed by atoms with van der Waals surface area (Å²) in [5.41, 5.74) is 0. The van der Waals surface area contributed by atoms with Crippen molar-refractivity contribution in [2.75, 3.05) is 0 Å². The Bertz CT molecular complexity index is 110. The Balaban J connectivity index is 0. The number of rotatable bonds is 3. The van der Waals surface area contributed by atoms with Gasteiger partial charge in [0, 0.05) is 0 Å². The fraction of sp³-hybridized carbons (Fsp3) is 1.00. The van der Waals surface area contributed by atoms with Crippen molar-refractivity contribution in [3.05, 3.63) is 0 Å². The zero-order valence-corrected chi connectivity index (χ0v) is 8.90. The lowest BCUT2D eigenvalue weighted by molar-refractivity contribution is -0.230. The Morgan fingerprint density at radius 1 is 1.15 bits per heavy atom. The highest BCUT2D eigenvalue weighted by atomic mass is 19.4. The van der Waals surface area contributed by atoms with Crippen LogP contribution in [0.5, 0.6) is 0 Å². The van der Waals surface area contributed by atoms with Crippen LogP contribution in [-0.2, 0) is 4.74 Å². The summed E-state index contributed by atoms with van der Waals surface area (Å²) in [5.74, 6) is 0. The monoisotopic (exact) mass is 200 g/mol. The highest BCUT2D eigenvalue weighted by molar-refractivity contribution is 4.65. The molecule has 0 radical (unpaired) electrons. The maximum atomic E-state index is 12.0. The third-order valence-electron chi connectivity index (χ3n) is 1.17. The summed E-state index contributed by atoms with van der Waals surface area (Å²) in [4.78, 5) is 0. The smallest absolute Gasteiger partial charge is 0.366 e. The van der Waals surface area contributed by atoms with Crippen molar-refractivity contribution in [3.8, 4) is 0 Å². The quantitative estimate of drug-likeness (QED) is 0.673. The highest BCUT2D eigenvalue weighted by Gasteiger charge is 2.39. The molecule has 13 heavy (non-hydrogen) atoms. The van der Waals surface area contributed by atoms with E-state index in [0.717, 1.165) is 0 Å². The lowest BCUT2D eigenvalue weighted by Crippen LogP contribution is -2.33. The first-order valence-corrected chi connectivity index (χ1v) is 4.60. The van der Waals surface area contributed by atoms with Crippen molar-refractivity contribution in [2.24, 2.45) is 0 Å². The van der Waals surface area contributed by atoms with Gasteiger partial charge in [0.2, 0.25) is 0 Å². The minimum Gasteiger partial charge on any atom is -0.366 e. The standard InChI is InChI=1S/C7H13F3O.C2H6/c1-4-6(7(8,9)10)11-5(2)3;1-2/h5-6H,4H2,1-3H3;1-2H3. The van der Waals surface area contributed by atoms with E-state index < -0.39 is 12.3 Å². The molecule has 0 aromatic carbocycles. The van der Waals surface area contributed by atoms with E-state index in [4.69, 9.17) is 0 Å². The molecule has 82 valence electrons. The summed E-state index contributed by atoms with van der Waals surface area (Å²) in [6.45, 7) is 8.64. The molecule has 1 nitrogen and oxygen atoms in total. The van der Waals surface area contributed by atoms with Crippen LogP contribution in [0, 0.1) is 0 Å². The van der Waals surface area contributed by atoms with Crippen LogP contribution in [0.4, 0.5) is 13.2 Å². The largest absolute Gasteiger partial charge is 0.414 e. The number of alkyl halides is 3. The molecule has 0 aliphatic rings. The molecule has 0 rings (SSSR count). The molecule has 0 spiro atoms. The third-order valence-corrected chi connectivity index (χ3v) is 1.17. The Kier molecular flexibility index (Phi) is 8.42. The van der Waals surface area contributed by atoms with E-state index in [1.165, 1.54) is 6.92 Å². The third kappa shape index (κ3) is 8.09. The molecule has 0 fully saturated rings. The molecule has 0 aliphatic heterocycles. The Morgan fingerprint density at radius 3 is 1.62 bits per heavy atom. The summed E-state index contributed by atoms with van der Waals surface area (Å²) in [5, 5.41) is 0. The minimum atomic E-state index is -4.22. The molecule has 0 heterocycles. The van der Waals surface area contributed by atoms with Gasteiger partial charge in [0.25, 0.3) is 0 Å². The van der Waals surface area contributed by atoms with Crippen LogP contribution < -0.4 is 0 Å². The first-order chi connectivity index (χ1) is 5.88. The summed E-state index contributed by atoms with van der Waals surface area (Å²) in [6, 6.07) is 0. The first kappa shape index (κ1) is 15.2. The zero-order chi connectivity index (χ0) is 11.1. The predicted octanol–water partition coefficient (Wildman–Crippen LogP) is 3.78. The van der Waals surface area contributed by atoms with Crippen LogP contribution in [0.15, 0.2) is 0 Å². The van der Waals surface area contributed by atoms with Crippen molar-refractivity contribution in [1.29, 1.82) is 0 Å². The number of ether oxygens (including phenoxy) is 1. The SMILES string of the molecule is CC.CCC(OC(C)C)C(F)(F)F. The topological polar surface area (TPSA) is 9.23 Å². The summed E-state index contributed by atoms with van der Waals surface area (Å²) in [6.07, 6.45) is -6.23. The number of hydrogen-bond acceptors (Lipinski definition) is 1. The molecule has 0 aliphatic carbocycles. The van der Waals surface area contributed by atoms with Gasteiger partial charge in [-0.2, -0.15) is 13.2 Å². The summed E-state index contributed by atoms with van der Waals surface area (Å²) < 4.78 is 40.5. The second kappa shape index (κ2) is 7.18. The van der Waals surface area contributed by atoms with Gasteiger partial charge in [-0.15, -0.1) is 0 Å². The molecule has 0 saturated heterocycles. The Hall–Kier alpha value is -0.250. The van der Waals surface area contributed by atoms with Gasteiger partial charge in [-0.1, -0.05) is 20.8 Å². The van der Waals surface area contributed by atoms with Crippen molar-refractivity contribution in [1.82, 2.24) is 0 Å². The van der Waals surface area contributed by atoms with Crippen molar-refractivity contribution in [2.45, 2.75) is 59.4 Å². The van der Waals surface area contributed by atoms with E-state index in [2.05, 4.69) is 4.74 Å². The molecular formula is C9H19F3O. The van der Waals surface area contributed by atoms with Gasteiger partial charge in [-0.25, -0.2) is 0 Å². The molecule has 0 aromatic heterocycles. The highest BCUT2D eigenvalue weighted by Crippen LogP contribution is 2.25. The van der Waals surface area contributed by atoms with Crippen LogP contribution >= 0.6 is 0 Å². The number of hydrogen-bond donors (Lipinski definition) is 0. The molecule has 0 aromatic rings. The van der Waals surface area contributed by atoms with Gasteiger partial charge < -0.3 is 4.74 Å². The van der Waals surface area contributed by atoms with E-state index in [9.17, 15) is 13.2 Å². The summed E-state index contributed by atoms with van der Waals surface area (Å²) >= 11 is 0.